The second-order valence-corrected chi connectivity index (χ2v) is 6.78. The van der Waals surface area contributed by atoms with Gasteiger partial charge in [0.15, 0.2) is 0 Å². The zero-order valence-electron chi connectivity index (χ0n) is 11.2. The molecule has 1 N–H and O–H groups in total. The number of allylic oxidation sites excluding steroid dienone is 2. The molecule has 0 saturated heterocycles. The lowest BCUT2D eigenvalue weighted by atomic mass is 9.68. The Bertz CT molecular complexity index is 299. The molecular weight excluding hydrogens is 196 g/mol. The predicted molar refractivity (Wildman–Crippen MR) is 68.2 cm³/mol. The van der Waals surface area contributed by atoms with Crippen LogP contribution in [0.5, 0.6) is 0 Å². The smallest absolute Gasteiger partial charge is 0.0651 e. The van der Waals surface area contributed by atoms with E-state index in [-0.39, 0.29) is 5.60 Å². The maximum Gasteiger partial charge on any atom is 0.0651 e. The third kappa shape index (κ3) is 2.20. The molecule has 0 aromatic heterocycles. The molecule has 0 aliphatic heterocycles. The fourth-order valence-corrected chi connectivity index (χ4v) is 3.56. The second kappa shape index (κ2) is 3.87. The first-order valence-electron chi connectivity index (χ1n) is 6.71. The highest BCUT2D eigenvalue weighted by atomic mass is 16.3. The number of hydrogen-bond acceptors (Lipinski definition) is 1. The summed E-state index contributed by atoms with van der Waals surface area (Å²) in [5.41, 5.74) is 1.57. The maximum atomic E-state index is 10.2. The molecule has 0 radical (unpaired) electrons. The summed E-state index contributed by atoms with van der Waals surface area (Å²) in [5, 5.41) is 10.2. The van der Waals surface area contributed by atoms with Crippen molar-refractivity contribution in [3.05, 3.63) is 11.6 Å². The molecule has 2 aliphatic carbocycles. The van der Waals surface area contributed by atoms with Crippen molar-refractivity contribution in [2.75, 3.05) is 0 Å². The molecule has 4 unspecified atom stereocenters. The molecule has 2 aliphatic rings. The van der Waals surface area contributed by atoms with Crippen LogP contribution in [0.4, 0.5) is 0 Å². The van der Waals surface area contributed by atoms with E-state index in [1.54, 1.807) is 0 Å². The van der Waals surface area contributed by atoms with E-state index in [1.807, 2.05) is 6.92 Å². The Kier molecular flexibility index (Phi) is 2.94. The molecule has 0 aromatic carbocycles. The van der Waals surface area contributed by atoms with Crippen LogP contribution >= 0.6 is 0 Å². The summed E-state index contributed by atoms with van der Waals surface area (Å²) in [6.45, 7) is 8.82. The van der Waals surface area contributed by atoms with Crippen molar-refractivity contribution in [1.82, 2.24) is 0 Å². The van der Waals surface area contributed by atoms with Gasteiger partial charge in [0.25, 0.3) is 0 Å². The normalized spacial score (nSPS) is 46.1. The summed E-state index contributed by atoms with van der Waals surface area (Å²) in [6, 6.07) is 0. The zero-order chi connectivity index (χ0) is 12.0. The van der Waals surface area contributed by atoms with Crippen molar-refractivity contribution >= 4 is 0 Å². The van der Waals surface area contributed by atoms with Gasteiger partial charge in [-0.1, -0.05) is 18.6 Å². The highest BCUT2D eigenvalue weighted by Gasteiger charge is 2.60. The number of rotatable bonds is 3. The molecular formula is C15H26O. The van der Waals surface area contributed by atoms with Crippen molar-refractivity contribution in [3.63, 3.8) is 0 Å². The molecule has 4 atom stereocenters. The minimum atomic E-state index is -0.360. The average Bonchev–Trinajstić information content (AvgIpc) is 2.93. The molecule has 0 heterocycles. The van der Waals surface area contributed by atoms with E-state index in [2.05, 4.69) is 26.8 Å². The van der Waals surface area contributed by atoms with Crippen molar-refractivity contribution in [2.24, 2.45) is 17.3 Å². The summed E-state index contributed by atoms with van der Waals surface area (Å²) in [5.74, 6) is 1.39. The Morgan fingerprint density at radius 2 is 1.94 bits per heavy atom. The van der Waals surface area contributed by atoms with E-state index in [1.165, 1.54) is 31.3 Å². The maximum absolute atomic E-state index is 10.2. The van der Waals surface area contributed by atoms with Gasteiger partial charge < -0.3 is 5.11 Å². The van der Waals surface area contributed by atoms with Crippen molar-refractivity contribution in [1.29, 1.82) is 0 Å². The van der Waals surface area contributed by atoms with Gasteiger partial charge in [-0.2, -0.15) is 0 Å². The third-order valence-electron chi connectivity index (χ3n) is 4.95. The summed E-state index contributed by atoms with van der Waals surface area (Å²) in [6.07, 6.45) is 8.34. The summed E-state index contributed by atoms with van der Waals surface area (Å²) in [4.78, 5) is 0. The summed E-state index contributed by atoms with van der Waals surface area (Å²) < 4.78 is 0. The lowest BCUT2D eigenvalue weighted by molar-refractivity contribution is -0.0278. The SMILES string of the molecule is CC(C)=CCCC1(C)CCC(C)(O)C2CC21. The van der Waals surface area contributed by atoms with E-state index in [4.69, 9.17) is 0 Å². The second-order valence-electron chi connectivity index (χ2n) is 6.78. The third-order valence-corrected chi connectivity index (χ3v) is 4.95. The van der Waals surface area contributed by atoms with Crippen LogP contribution in [0.2, 0.25) is 0 Å². The van der Waals surface area contributed by atoms with E-state index in [0.29, 0.717) is 11.3 Å². The molecule has 0 spiro atoms. The molecule has 16 heavy (non-hydrogen) atoms. The standard InChI is InChI=1S/C15H26O/c1-11(2)6-5-7-14(3)8-9-15(4,16)13-10-12(13)14/h6,12-13,16H,5,7-10H2,1-4H3. The minimum absolute atomic E-state index is 0.360. The molecule has 2 rings (SSSR count). The van der Waals surface area contributed by atoms with Crippen LogP contribution in [-0.2, 0) is 0 Å². The summed E-state index contributed by atoms with van der Waals surface area (Å²) >= 11 is 0. The fourth-order valence-electron chi connectivity index (χ4n) is 3.56. The number of hydrogen-bond donors (Lipinski definition) is 1. The van der Waals surface area contributed by atoms with Gasteiger partial charge in [0.05, 0.1) is 5.60 Å². The predicted octanol–water partition coefficient (Wildman–Crippen LogP) is 3.92. The first kappa shape index (κ1) is 12.2. The van der Waals surface area contributed by atoms with Gasteiger partial charge in [0, 0.05) is 0 Å². The molecule has 2 fully saturated rings. The quantitative estimate of drug-likeness (QED) is 0.718. The molecule has 1 nitrogen and oxygen atoms in total. The van der Waals surface area contributed by atoms with Crippen molar-refractivity contribution in [3.8, 4) is 0 Å². The fraction of sp³-hybridized carbons (Fsp3) is 0.867. The Morgan fingerprint density at radius 3 is 2.56 bits per heavy atom. The minimum Gasteiger partial charge on any atom is -0.390 e. The van der Waals surface area contributed by atoms with Crippen LogP contribution in [0, 0.1) is 17.3 Å². The Labute approximate surface area is 99.9 Å². The Balaban J connectivity index is 1.93. The van der Waals surface area contributed by atoms with Gasteiger partial charge in [-0.15, -0.1) is 0 Å². The lowest BCUT2D eigenvalue weighted by Crippen LogP contribution is -2.38. The van der Waals surface area contributed by atoms with E-state index in [0.717, 1.165) is 12.3 Å². The zero-order valence-corrected chi connectivity index (χ0v) is 11.2. The van der Waals surface area contributed by atoms with Gasteiger partial charge in [0.2, 0.25) is 0 Å². The van der Waals surface area contributed by atoms with Gasteiger partial charge >= 0.3 is 0 Å². The highest BCUT2D eigenvalue weighted by Crippen LogP contribution is 2.64. The molecule has 0 bridgehead atoms. The molecule has 1 heteroatoms. The lowest BCUT2D eigenvalue weighted by Gasteiger charge is -2.40. The number of fused-ring (bicyclic) bond motifs is 1. The first-order chi connectivity index (χ1) is 7.35. The Hall–Kier alpha value is -0.300. The van der Waals surface area contributed by atoms with Crippen molar-refractivity contribution < 1.29 is 5.11 Å². The average molecular weight is 222 g/mol. The number of aliphatic hydroxyl groups is 1. The topological polar surface area (TPSA) is 20.2 Å². The molecule has 0 aromatic rings. The van der Waals surface area contributed by atoms with E-state index < -0.39 is 0 Å². The van der Waals surface area contributed by atoms with Gasteiger partial charge in [-0.3, -0.25) is 0 Å². The van der Waals surface area contributed by atoms with Gasteiger partial charge in [-0.25, -0.2) is 0 Å². The van der Waals surface area contributed by atoms with Gasteiger partial charge in [-0.05, 0) is 70.1 Å². The monoisotopic (exact) mass is 222 g/mol. The van der Waals surface area contributed by atoms with Gasteiger partial charge in [0.1, 0.15) is 0 Å². The van der Waals surface area contributed by atoms with Crippen LogP contribution in [-0.4, -0.2) is 10.7 Å². The van der Waals surface area contributed by atoms with E-state index >= 15 is 0 Å². The summed E-state index contributed by atoms with van der Waals surface area (Å²) in [7, 11) is 0. The van der Waals surface area contributed by atoms with Crippen LogP contribution in [0.25, 0.3) is 0 Å². The van der Waals surface area contributed by atoms with Crippen molar-refractivity contribution in [2.45, 2.75) is 65.4 Å². The molecule has 0 amide bonds. The Morgan fingerprint density at radius 1 is 1.25 bits per heavy atom. The molecule has 92 valence electrons. The van der Waals surface area contributed by atoms with Crippen LogP contribution in [0.15, 0.2) is 11.6 Å². The van der Waals surface area contributed by atoms with Crippen LogP contribution < -0.4 is 0 Å². The largest absolute Gasteiger partial charge is 0.390 e. The van der Waals surface area contributed by atoms with E-state index in [9.17, 15) is 5.11 Å². The first-order valence-corrected chi connectivity index (χ1v) is 6.71. The highest BCUT2D eigenvalue weighted by molar-refractivity contribution is 5.10. The molecule has 2 saturated carbocycles. The van der Waals surface area contributed by atoms with Crippen LogP contribution in [0.3, 0.4) is 0 Å². The van der Waals surface area contributed by atoms with Crippen LogP contribution in [0.1, 0.15) is 59.8 Å².